The summed E-state index contributed by atoms with van der Waals surface area (Å²) >= 11 is 5.27. The van der Waals surface area contributed by atoms with E-state index >= 15 is 0 Å². The Kier molecular flexibility index (Phi) is 5.22. The first-order chi connectivity index (χ1) is 9.47. The molecular weight excluding hydrogens is 336 g/mol. The first-order valence-electron chi connectivity index (χ1n) is 6.80. The van der Waals surface area contributed by atoms with Crippen molar-refractivity contribution in [3.05, 3.63) is 33.1 Å². The fourth-order valence-corrected chi connectivity index (χ4v) is 3.58. The van der Waals surface area contributed by atoms with Gasteiger partial charge in [0.25, 0.3) is 0 Å². The molecule has 0 amide bonds. The second-order valence-corrected chi connectivity index (χ2v) is 7.42. The van der Waals surface area contributed by atoms with Crippen molar-refractivity contribution in [1.29, 1.82) is 0 Å². The zero-order chi connectivity index (χ0) is 14.7. The highest BCUT2D eigenvalue weighted by atomic mass is 79.9. The molecule has 0 aliphatic carbocycles. The van der Waals surface area contributed by atoms with Crippen LogP contribution in [0.5, 0.6) is 0 Å². The van der Waals surface area contributed by atoms with Gasteiger partial charge in [0.15, 0.2) is 0 Å². The van der Waals surface area contributed by atoms with Crippen molar-refractivity contribution in [2.24, 2.45) is 5.92 Å². The average Bonchev–Trinajstić information content (AvgIpc) is 2.71. The lowest BCUT2D eigenvalue weighted by molar-refractivity contribution is -0.144. The first-order valence-corrected chi connectivity index (χ1v) is 8.41. The van der Waals surface area contributed by atoms with Gasteiger partial charge in [-0.3, -0.25) is 4.79 Å². The van der Waals surface area contributed by atoms with Gasteiger partial charge in [-0.05, 0) is 48.4 Å². The number of ether oxygens (including phenoxy) is 1. The number of benzene rings is 1. The number of thiophene rings is 1. The molecule has 0 radical (unpaired) electrons. The second kappa shape index (κ2) is 6.72. The van der Waals surface area contributed by atoms with Crippen LogP contribution in [0.4, 0.5) is 0 Å². The number of hydrogen-bond donors (Lipinski definition) is 0. The minimum atomic E-state index is -0.100. The van der Waals surface area contributed by atoms with E-state index in [-0.39, 0.29) is 5.97 Å². The largest absolute Gasteiger partial charge is 0.465 e. The highest BCUT2D eigenvalue weighted by Crippen LogP contribution is 2.33. The van der Waals surface area contributed by atoms with Crippen LogP contribution in [-0.2, 0) is 16.0 Å². The van der Waals surface area contributed by atoms with Gasteiger partial charge in [-0.15, -0.1) is 11.3 Å². The Bertz CT molecular complexity index is 616. The van der Waals surface area contributed by atoms with Gasteiger partial charge in [0.05, 0.1) is 13.0 Å². The molecule has 0 atom stereocenters. The van der Waals surface area contributed by atoms with Crippen molar-refractivity contribution in [1.82, 2.24) is 0 Å². The Morgan fingerprint density at radius 3 is 2.85 bits per heavy atom. The van der Waals surface area contributed by atoms with Gasteiger partial charge in [0, 0.05) is 14.0 Å². The van der Waals surface area contributed by atoms with Gasteiger partial charge in [-0.25, -0.2) is 0 Å². The molecule has 0 aliphatic heterocycles. The van der Waals surface area contributed by atoms with E-state index in [9.17, 15) is 4.79 Å². The van der Waals surface area contributed by atoms with Gasteiger partial charge in [0.2, 0.25) is 0 Å². The number of halogens is 1. The number of carbonyl (C=O) groups is 1. The van der Waals surface area contributed by atoms with Crippen LogP contribution in [0.15, 0.2) is 22.7 Å². The van der Waals surface area contributed by atoms with E-state index in [4.69, 9.17) is 4.74 Å². The lowest BCUT2D eigenvalue weighted by Crippen LogP contribution is -2.10. The highest BCUT2D eigenvalue weighted by Gasteiger charge is 2.11. The van der Waals surface area contributed by atoms with Gasteiger partial charge in [-0.2, -0.15) is 0 Å². The third-order valence-corrected chi connectivity index (χ3v) is 4.96. The van der Waals surface area contributed by atoms with Crippen molar-refractivity contribution in [3.63, 3.8) is 0 Å². The third kappa shape index (κ3) is 3.83. The minimum Gasteiger partial charge on any atom is -0.465 e. The molecule has 0 unspecified atom stereocenters. The smallest absolute Gasteiger partial charge is 0.306 e. The second-order valence-electron chi connectivity index (χ2n) is 5.37. The Hall–Kier alpha value is -0.870. The third-order valence-electron chi connectivity index (χ3n) is 3.13. The van der Waals surface area contributed by atoms with Crippen LogP contribution < -0.4 is 0 Å². The number of esters is 1. The lowest BCUT2D eigenvalue weighted by atomic mass is 10.1. The molecule has 1 aromatic heterocycles. The molecule has 0 spiro atoms. The molecule has 0 N–H and O–H groups in total. The van der Waals surface area contributed by atoms with E-state index in [1.165, 1.54) is 20.5 Å². The van der Waals surface area contributed by atoms with Gasteiger partial charge in [-0.1, -0.05) is 29.8 Å². The molecule has 0 saturated carbocycles. The summed E-state index contributed by atoms with van der Waals surface area (Å²) in [6.45, 7) is 6.72. The lowest BCUT2D eigenvalue weighted by Gasteiger charge is -2.06. The number of hydrogen-bond acceptors (Lipinski definition) is 3. The van der Waals surface area contributed by atoms with E-state index in [2.05, 4.69) is 41.1 Å². The summed E-state index contributed by atoms with van der Waals surface area (Å²) in [7, 11) is 0. The molecule has 0 saturated heterocycles. The molecule has 0 fully saturated rings. The monoisotopic (exact) mass is 354 g/mol. The number of aryl methyl sites for hydroxylation is 2. The molecule has 2 nitrogen and oxygen atoms in total. The zero-order valence-electron chi connectivity index (χ0n) is 12.0. The van der Waals surface area contributed by atoms with Crippen LogP contribution in [0.2, 0.25) is 0 Å². The molecule has 20 heavy (non-hydrogen) atoms. The molecular formula is C16H19BrO2S. The van der Waals surface area contributed by atoms with Crippen molar-refractivity contribution < 1.29 is 9.53 Å². The van der Waals surface area contributed by atoms with Crippen LogP contribution in [-0.4, -0.2) is 12.6 Å². The number of fused-ring (bicyclic) bond motifs is 1. The van der Waals surface area contributed by atoms with Gasteiger partial charge >= 0.3 is 5.97 Å². The molecule has 1 aromatic carbocycles. The van der Waals surface area contributed by atoms with E-state index < -0.39 is 0 Å². The summed E-state index contributed by atoms with van der Waals surface area (Å²) in [5.74, 6) is 0.291. The first kappa shape index (κ1) is 15.5. The highest BCUT2D eigenvalue weighted by molar-refractivity contribution is 9.10. The quantitative estimate of drug-likeness (QED) is 0.697. The Morgan fingerprint density at radius 1 is 1.40 bits per heavy atom. The molecule has 1 heterocycles. The Balaban J connectivity index is 2.03. The van der Waals surface area contributed by atoms with Crippen molar-refractivity contribution >= 4 is 43.3 Å². The fraction of sp³-hybridized carbons (Fsp3) is 0.438. The summed E-state index contributed by atoms with van der Waals surface area (Å²) in [5.41, 5.74) is 1.28. The van der Waals surface area contributed by atoms with Crippen LogP contribution in [0.1, 0.15) is 30.7 Å². The maximum Gasteiger partial charge on any atom is 0.306 e. The molecule has 4 heteroatoms. The van der Waals surface area contributed by atoms with E-state index in [1.54, 1.807) is 11.3 Å². The van der Waals surface area contributed by atoms with Crippen molar-refractivity contribution in [3.8, 4) is 0 Å². The van der Waals surface area contributed by atoms with Crippen LogP contribution in [0, 0.1) is 12.8 Å². The SMILES string of the molecule is Cc1c(CCC(=O)OCC(C)C)sc2ccc(Br)cc12. The van der Waals surface area contributed by atoms with Crippen LogP contribution in [0.25, 0.3) is 10.1 Å². The molecule has 2 aromatic rings. The van der Waals surface area contributed by atoms with Crippen LogP contribution >= 0.6 is 27.3 Å². The maximum atomic E-state index is 11.7. The number of carbonyl (C=O) groups excluding carboxylic acids is 1. The van der Waals surface area contributed by atoms with Gasteiger partial charge in [0.1, 0.15) is 0 Å². The zero-order valence-corrected chi connectivity index (χ0v) is 14.4. The van der Waals surface area contributed by atoms with Crippen molar-refractivity contribution in [2.45, 2.75) is 33.6 Å². The summed E-state index contributed by atoms with van der Waals surface area (Å²) in [4.78, 5) is 13.0. The Labute approximate surface area is 132 Å². The summed E-state index contributed by atoms with van der Waals surface area (Å²) < 4.78 is 7.58. The Morgan fingerprint density at radius 2 is 2.15 bits per heavy atom. The summed E-state index contributed by atoms with van der Waals surface area (Å²) in [6.07, 6.45) is 1.22. The van der Waals surface area contributed by atoms with Crippen LogP contribution in [0.3, 0.4) is 0 Å². The molecule has 108 valence electrons. The predicted octanol–water partition coefficient (Wildman–Crippen LogP) is 5.10. The van der Waals surface area contributed by atoms with E-state index in [1.807, 2.05) is 13.8 Å². The fourth-order valence-electron chi connectivity index (χ4n) is 2.03. The van der Waals surface area contributed by atoms with E-state index in [0.717, 1.165) is 10.9 Å². The maximum absolute atomic E-state index is 11.7. The average molecular weight is 355 g/mol. The molecule has 2 rings (SSSR count). The van der Waals surface area contributed by atoms with Gasteiger partial charge < -0.3 is 4.74 Å². The summed E-state index contributed by atoms with van der Waals surface area (Å²) in [6, 6.07) is 6.32. The normalized spacial score (nSPS) is 11.2. The topological polar surface area (TPSA) is 26.3 Å². The number of rotatable bonds is 5. The van der Waals surface area contributed by atoms with Crippen molar-refractivity contribution in [2.75, 3.05) is 6.61 Å². The molecule has 0 aliphatic rings. The standard InChI is InChI=1S/C16H19BrO2S/c1-10(2)9-19-16(18)7-6-14-11(3)13-8-12(17)4-5-15(13)20-14/h4-5,8,10H,6-7,9H2,1-3H3. The van der Waals surface area contributed by atoms with E-state index in [0.29, 0.717) is 18.9 Å². The molecule has 0 bridgehead atoms. The predicted molar refractivity (Wildman–Crippen MR) is 88.4 cm³/mol. The minimum absolute atomic E-state index is 0.100. The summed E-state index contributed by atoms with van der Waals surface area (Å²) in [5, 5.41) is 1.27.